The summed E-state index contributed by atoms with van der Waals surface area (Å²) < 4.78 is 24.4. The van der Waals surface area contributed by atoms with Gasteiger partial charge in [0.25, 0.3) is 0 Å². The molecule has 9 heteroatoms. The Morgan fingerprint density at radius 2 is 1.60 bits per heavy atom. The number of benzene rings is 2. The average Bonchev–Trinajstić information content (AvgIpc) is 3.35. The Bertz CT molecular complexity index is 1150. The van der Waals surface area contributed by atoms with E-state index in [4.69, 9.17) is 18.9 Å². The second-order valence-corrected chi connectivity index (χ2v) is 9.30. The van der Waals surface area contributed by atoms with Gasteiger partial charge in [-0.05, 0) is 43.2 Å². The third kappa shape index (κ3) is 5.24. The number of nitrogens with zero attached hydrogens (tertiary/aromatic N) is 3. The molecule has 2 aromatic carbocycles. The van der Waals surface area contributed by atoms with Crippen LogP contribution < -0.4 is 18.9 Å². The first kappa shape index (κ1) is 24.9. The monoisotopic (exact) mass is 497 g/mol. The fraction of sp³-hybridized carbons (Fsp3) is 0.423. The zero-order valence-electron chi connectivity index (χ0n) is 20.6. The van der Waals surface area contributed by atoms with E-state index >= 15 is 0 Å². The number of thioether (sulfide) groups is 1. The van der Waals surface area contributed by atoms with Gasteiger partial charge >= 0.3 is 0 Å². The summed E-state index contributed by atoms with van der Waals surface area (Å²) in [6.07, 6.45) is 6.60. The van der Waals surface area contributed by atoms with Crippen molar-refractivity contribution in [3.8, 4) is 34.4 Å². The van der Waals surface area contributed by atoms with Gasteiger partial charge in [-0.2, -0.15) is 0 Å². The Morgan fingerprint density at radius 3 is 2.20 bits per heavy atom. The smallest absolute Gasteiger partial charge is 0.203 e. The van der Waals surface area contributed by atoms with Gasteiger partial charge in [0.2, 0.25) is 5.75 Å². The molecule has 3 aromatic rings. The van der Waals surface area contributed by atoms with Crippen molar-refractivity contribution in [1.29, 1.82) is 0 Å². The summed E-state index contributed by atoms with van der Waals surface area (Å²) in [5.41, 5.74) is 2.41. The van der Waals surface area contributed by atoms with Gasteiger partial charge in [0.15, 0.2) is 22.5 Å². The van der Waals surface area contributed by atoms with Gasteiger partial charge in [-0.1, -0.05) is 31.0 Å². The van der Waals surface area contributed by atoms with E-state index in [1.54, 1.807) is 46.3 Å². The molecule has 1 saturated carbocycles. The van der Waals surface area contributed by atoms with Crippen molar-refractivity contribution < 1.29 is 23.7 Å². The molecule has 0 saturated heterocycles. The van der Waals surface area contributed by atoms with Gasteiger partial charge in [-0.3, -0.25) is 9.36 Å². The molecule has 8 nitrogen and oxygen atoms in total. The van der Waals surface area contributed by atoms with Crippen molar-refractivity contribution in [2.45, 2.75) is 49.1 Å². The fourth-order valence-corrected chi connectivity index (χ4v) is 5.56. The number of hydrogen-bond donors (Lipinski definition) is 0. The van der Waals surface area contributed by atoms with Gasteiger partial charge < -0.3 is 18.9 Å². The van der Waals surface area contributed by atoms with Crippen LogP contribution in [0.4, 0.5) is 0 Å². The van der Waals surface area contributed by atoms with Crippen LogP contribution in [0.3, 0.4) is 0 Å². The maximum Gasteiger partial charge on any atom is 0.203 e. The van der Waals surface area contributed by atoms with Gasteiger partial charge in [-0.25, -0.2) is 0 Å². The third-order valence-electron chi connectivity index (χ3n) is 6.32. The van der Waals surface area contributed by atoms with E-state index in [-0.39, 0.29) is 0 Å². The number of carbonyl (C=O) groups is 1. The van der Waals surface area contributed by atoms with E-state index < -0.39 is 0 Å². The number of hydrogen-bond acceptors (Lipinski definition) is 8. The average molecular weight is 498 g/mol. The van der Waals surface area contributed by atoms with E-state index in [9.17, 15) is 4.79 Å². The highest BCUT2D eigenvalue weighted by Crippen LogP contribution is 2.43. The molecular formula is C26H31N3O5S. The minimum absolute atomic E-state index is 0.304. The Balaban J connectivity index is 1.74. The molecule has 1 aliphatic rings. The number of rotatable bonds is 10. The van der Waals surface area contributed by atoms with E-state index in [1.165, 1.54) is 19.3 Å². The molecule has 1 fully saturated rings. The molecule has 0 atom stereocenters. The van der Waals surface area contributed by atoms with Crippen LogP contribution in [0.15, 0.2) is 35.5 Å². The highest BCUT2D eigenvalue weighted by molar-refractivity contribution is 7.98. The first-order chi connectivity index (χ1) is 17.1. The lowest BCUT2D eigenvalue weighted by molar-refractivity contribution is 0.112. The molecule has 1 aromatic heterocycles. The predicted molar refractivity (Wildman–Crippen MR) is 135 cm³/mol. The second-order valence-electron chi connectivity index (χ2n) is 8.36. The summed E-state index contributed by atoms with van der Waals surface area (Å²) in [6.45, 7) is 0. The second kappa shape index (κ2) is 11.5. The van der Waals surface area contributed by atoms with Crippen molar-refractivity contribution in [3.63, 3.8) is 0 Å². The Hall–Kier alpha value is -3.20. The lowest BCUT2D eigenvalue weighted by Crippen LogP contribution is -2.15. The summed E-state index contributed by atoms with van der Waals surface area (Å²) >= 11 is 1.59. The van der Waals surface area contributed by atoms with Crippen LogP contribution in [-0.2, 0) is 5.75 Å². The Morgan fingerprint density at radius 1 is 0.914 bits per heavy atom. The van der Waals surface area contributed by atoms with Gasteiger partial charge in [0.05, 0.1) is 28.4 Å². The molecule has 35 heavy (non-hydrogen) atoms. The summed E-state index contributed by atoms with van der Waals surface area (Å²) in [5.74, 6) is 3.81. The van der Waals surface area contributed by atoms with Crippen molar-refractivity contribution in [1.82, 2.24) is 14.8 Å². The standard InChI is InChI=1S/C26H31N3O5S/c1-31-21-11-10-17(15-30)12-19(21)16-35-26-28-27-25(29(26)20-8-6-5-7-9-20)18-13-22(32-2)24(34-4)23(14-18)33-3/h10-15,20H,5-9,16H2,1-4H3. The fourth-order valence-electron chi connectivity index (χ4n) is 4.58. The Labute approximate surface area is 209 Å². The number of carbonyl (C=O) groups excluding carboxylic acids is 1. The largest absolute Gasteiger partial charge is 0.496 e. The number of methoxy groups -OCH3 is 4. The van der Waals surface area contributed by atoms with Crippen molar-refractivity contribution in [3.05, 3.63) is 41.5 Å². The van der Waals surface area contributed by atoms with Crippen LogP contribution in [0.5, 0.6) is 23.0 Å². The SMILES string of the molecule is COc1ccc(C=O)cc1CSc1nnc(-c2cc(OC)c(OC)c(OC)c2)n1C1CCCCC1. The zero-order chi connectivity index (χ0) is 24.8. The highest BCUT2D eigenvalue weighted by Gasteiger charge is 2.26. The van der Waals surface area contributed by atoms with Crippen LogP contribution in [-0.4, -0.2) is 49.5 Å². The summed E-state index contributed by atoms with van der Waals surface area (Å²) in [7, 11) is 6.44. The first-order valence-corrected chi connectivity index (χ1v) is 12.6. The lowest BCUT2D eigenvalue weighted by Gasteiger charge is -2.26. The lowest BCUT2D eigenvalue weighted by atomic mass is 9.95. The van der Waals surface area contributed by atoms with E-state index in [1.807, 2.05) is 24.3 Å². The molecule has 0 unspecified atom stereocenters. The molecule has 0 bridgehead atoms. The molecule has 186 valence electrons. The zero-order valence-corrected chi connectivity index (χ0v) is 21.4. The summed E-state index contributed by atoms with van der Waals surface area (Å²) in [4.78, 5) is 11.3. The number of aldehydes is 1. The van der Waals surface area contributed by atoms with Crippen molar-refractivity contribution in [2.24, 2.45) is 0 Å². The quantitative estimate of drug-likeness (QED) is 0.265. The third-order valence-corrected chi connectivity index (χ3v) is 7.32. The summed E-state index contributed by atoms with van der Waals surface area (Å²) in [6, 6.07) is 9.57. The predicted octanol–water partition coefficient (Wildman–Crippen LogP) is 5.59. The normalized spacial score (nSPS) is 13.9. The van der Waals surface area contributed by atoms with Crippen molar-refractivity contribution in [2.75, 3.05) is 28.4 Å². The van der Waals surface area contributed by atoms with Gasteiger partial charge in [-0.15, -0.1) is 10.2 Å². The van der Waals surface area contributed by atoms with Crippen LogP contribution in [0, 0.1) is 0 Å². The minimum atomic E-state index is 0.304. The van der Waals surface area contributed by atoms with Crippen molar-refractivity contribution >= 4 is 18.0 Å². The first-order valence-electron chi connectivity index (χ1n) is 11.6. The van der Waals surface area contributed by atoms with E-state index in [0.717, 1.165) is 47.0 Å². The van der Waals surface area contributed by atoms with Crippen LogP contribution in [0.2, 0.25) is 0 Å². The molecule has 0 amide bonds. The molecule has 0 spiro atoms. The van der Waals surface area contributed by atoms with Crippen LogP contribution in [0.1, 0.15) is 54.1 Å². The molecule has 1 aliphatic carbocycles. The van der Waals surface area contributed by atoms with E-state index in [0.29, 0.717) is 34.6 Å². The molecule has 1 heterocycles. The Kier molecular flexibility index (Phi) is 8.17. The molecule has 0 aliphatic heterocycles. The highest BCUT2D eigenvalue weighted by atomic mass is 32.2. The maximum atomic E-state index is 11.3. The molecular weight excluding hydrogens is 466 g/mol. The minimum Gasteiger partial charge on any atom is -0.496 e. The summed E-state index contributed by atoms with van der Waals surface area (Å²) in [5, 5.41) is 10.0. The maximum absolute atomic E-state index is 11.3. The van der Waals surface area contributed by atoms with Gasteiger partial charge in [0.1, 0.15) is 12.0 Å². The molecule has 0 radical (unpaired) electrons. The van der Waals surface area contributed by atoms with Crippen LogP contribution in [0.25, 0.3) is 11.4 Å². The van der Waals surface area contributed by atoms with E-state index in [2.05, 4.69) is 14.8 Å². The molecule has 4 rings (SSSR count). The molecule has 0 N–H and O–H groups in total. The van der Waals surface area contributed by atoms with Gasteiger partial charge in [0, 0.05) is 28.5 Å². The van der Waals surface area contributed by atoms with Crippen LogP contribution >= 0.6 is 11.8 Å². The number of ether oxygens (including phenoxy) is 4. The topological polar surface area (TPSA) is 84.7 Å². The number of aromatic nitrogens is 3.